The van der Waals surface area contributed by atoms with Gasteiger partial charge in [0.15, 0.2) is 0 Å². The molecule has 1 aliphatic rings. The van der Waals surface area contributed by atoms with Crippen molar-refractivity contribution in [3.05, 3.63) is 107 Å². The predicted octanol–water partition coefficient (Wildman–Crippen LogP) is 4.02. The Bertz CT molecular complexity index is 1500. The number of aryl methyl sites for hydroxylation is 1. The van der Waals surface area contributed by atoms with E-state index < -0.39 is 10.0 Å². The molecule has 0 spiro atoms. The number of para-hydroxylation sites is 1. The number of carbonyl (C=O) groups excluding carboxylic acids is 1. The third-order valence-corrected chi connectivity index (χ3v) is 8.49. The summed E-state index contributed by atoms with van der Waals surface area (Å²) in [6.07, 6.45) is 0.534. The summed E-state index contributed by atoms with van der Waals surface area (Å²) in [6, 6.07) is 25.0. The van der Waals surface area contributed by atoms with Gasteiger partial charge in [0.2, 0.25) is 10.0 Å². The molecule has 0 unspecified atom stereocenters. The maximum absolute atomic E-state index is 13.6. The van der Waals surface area contributed by atoms with Gasteiger partial charge in [-0.2, -0.15) is 9.40 Å². The lowest BCUT2D eigenvalue weighted by molar-refractivity contribution is 0.0984. The molecule has 190 valence electrons. The van der Waals surface area contributed by atoms with Gasteiger partial charge in [-0.05, 0) is 48.5 Å². The maximum atomic E-state index is 13.6. The first-order valence-corrected chi connectivity index (χ1v) is 13.4. The van der Waals surface area contributed by atoms with Crippen LogP contribution in [0.2, 0.25) is 0 Å². The van der Waals surface area contributed by atoms with Gasteiger partial charge in [0.25, 0.3) is 5.91 Å². The fourth-order valence-electron chi connectivity index (χ4n) is 4.65. The van der Waals surface area contributed by atoms with Crippen LogP contribution in [0.15, 0.2) is 89.8 Å². The molecule has 2 heterocycles. The molecule has 0 saturated carbocycles. The van der Waals surface area contributed by atoms with Gasteiger partial charge >= 0.3 is 0 Å². The zero-order valence-electron chi connectivity index (χ0n) is 20.7. The number of ether oxygens (including phenoxy) is 1. The molecule has 1 amide bonds. The smallest absolute Gasteiger partial charge is 0.258 e. The number of hydrogen-bond acceptors (Lipinski definition) is 5. The number of rotatable bonds is 7. The van der Waals surface area contributed by atoms with E-state index in [0.717, 1.165) is 16.9 Å². The molecule has 0 N–H and O–H groups in total. The Morgan fingerprint density at radius 1 is 0.973 bits per heavy atom. The van der Waals surface area contributed by atoms with Crippen molar-refractivity contribution in [2.24, 2.45) is 7.05 Å². The normalized spacial score (nSPS) is 13.7. The average molecular weight is 517 g/mol. The predicted molar refractivity (Wildman–Crippen MR) is 141 cm³/mol. The molecule has 8 nitrogen and oxygen atoms in total. The number of sulfonamides is 1. The Morgan fingerprint density at radius 2 is 1.62 bits per heavy atom. The van der Waals surface area contributed by atoms with Gasteiger partial charge in [-0.15, -0.1) is 0 Å². The first-order chi connectivity index (χ1) is 17.9. The van der Waals surface area contributed by atoms with E-state index in [1.54, 1.807) is 53.1 Å². The van der Waals surface area contributed by atoms with Gasteiger partial charge in [-0.1, -0.05) is 36.4 Å². The van der Waals surface area contributed by atoms with Crippen LogP contribution in [0.5, 0.6) is 5.75 Å². The standard InChI is InChI=1S/C28H28N4O4S/c1-30-27-17-18-31(37(34,35)24-15-13-23(36-2)14-16-24)19-25(27)26(29-30)20-32(22-11-7-4-8-12-22)28(33)21-9-5-3-6-10-21/h3-16H,17-20H2,1-2H3. The van der Waals surface area contributed by atoms with Gasteiger partial charge in [-0.3, -0.25) is 9.48 Å². The number of anilines is 1. The summed E-state index contributed by atoms with van der Waals surface area (Å²) in [5, 5.41) is 4.73. The molecule has 1 aliphatic heterocycles. The molecule has 5 rings (SSSR count). The molecule has 0 bridgehead atoms. The summed E-state index contributed by atoms with van der Waals surface area (Å²) in [5.41, 5.74) is 3.82. The zero-order valence-corrected chi connectivity index (χ0v) is 21.6. The Kier molecular flexibility index (Phi) is 6.82. The van der Waals surface area contributed by atoms with Crippen molar-refractivity contribution in [3.8, 4) is 5.75 Å². The zero-order chi connectivity index (χ0) is 26.0. The number of methoxy groups -OCH3 is 1. The highest BCUT2D eigenvalue weighted by molar-refractivity contribution is 7.89. The summed E-state index contributed by atoms with van der Waals surface area (Å²) in [7, 11) is -0.312. The molecule has 0 fully saturated rings. The van der Waals surface area contributed by atoms with Crippen LogP contribution in [0.1, 0.15) is 27.3 Å². The number of benzene rings is 3. The summed E-state index contributed by atoms with van der Waals surface area (Å²) in [4.78, 5) is 15.5. The summed E-state index contributed by atoms with van der Waals surface area (Å²) in [6.45, 7) is 0.762. The highest BCUT2D eigenvalue weighted by atomic mass is 32.2. The summed E-state index contributed by atoms with van der Waals surface area (Å²) in [5.74, 6) is 0.447. The molecule has 9 heteroatoms. The molecular weight excluding hydrogens is 488 g/mol. The van der Waals surface area contributed by atoms with E-state index in [4.69, 9.17) is 9.84 Å². The molecule has 37 heavy (non-hydrogen) atoms. The molecule has 0 aliphatic carbocycles. The van der Waals surface area contributed by atoms with Crippen LogP contribution in [0.4, 0.5) is 5.69 Å². The molecule has 3 aromatic carbocycles. The quantitative estimate of drug-likeness (QED) is 0.370. The van der Waals surface area contributed by atoms with Gasteiger partial charge in [0.05, 0.1) is 24.2 Å². The third kappa shape index (κ3) is 4.87. The minimum absolute atomic E-state index is 0.148. The van der Waals surface area contributed by atoms with Crippen molar-refractivity contribution < 1.29 is 17.9 Å². The van der Waals surface area contributed by atoms with Crippen molar-refractivity contribution in [1.82, 2.24) is 14.1 Å². The maximum Gasteiger partial charge on any atom is 0.258 e. The van der Waals surface area contributed by atoms with E-state index in [1.165, 1.54) is 4.31 Å². The highest BCUT2D eigenvalue weighted by Crippen LogP contribution is 2.30. The van der Waals surface area contributed by atoms with Gasteiger partial charge < -0.3 is 9.64 Å². The first-order valence-electron chi connectivity index (χ1n) is 12.0. The number of fused-ring (bicyclic) bond motifs is 1. The molecule has 4 aromatic rings. The molecule has 0 atom stereocenters. The fourth-order valence-corrected chi connectivity index (χ4v) is 6.06. The molecule has 0 radical (unpaired) electrons. The Hall–Kier alpha value is -3.95. The second-order valence-corrected chi connectivity index (χ2v) is 10.8. The Labute approximate surface area is 216 Å². The van der Waals surface area contributed by atoms with E-state index in [0.29, 0.717) is 30.0 Å². The Balaban J connectivity index is 1.47. The van der Waals surface area contributed by atoms with E-state index >= 15 is 0 Å². The topological polar surface area (TPSA) is 84.7 Å². The second-order valence-electron chi connectivity index (χ2n) is 8.85. The van der Waals surface area contributed by atoms with Crippen LogP contribution < -0.4 is 9.64 Å². The fraction of sp³-hybridized carbons (Fsp3) is 0.214. The van der Waals surface area contributed by atoms with E-state index in [2.05, 4.69) is 0 Å². The van der Waals surface area contributed by atoms with Gasteiger partial charge in [0.1, 0.15) is 5.75 Å². The number of aromatic nitrogens is 2. The van der Waals surface area contributed by atoms with Gasteiger partial charge in [0, 0.05) is 49.1 Å². The van der Waals surface area contributed by atoms with Crippen molar-refractivity contribution >= 4 is 21.6 Å². The van der Waals surface area contributed by atoms with Crippen LogP contribution in [0.3, 0.4) is 0 Å². The van der Waals surface area contributed by atoms with Crippen LogP contribution in [-0.2, 0) is 36.6 Å². The minimum Gasteiger partial charge on any atom is -0.497 e. The minimum atomic E-state index is -3.72. The van der Waals surface area contributed by atoms with Crippen LogP contribution in [0, 0.1) is 0 Å². The average Bonchev–Trinajstić information content (AvgIpc) is 3.26. The summed E-state index contributed by atoms with van der Waals surface area (Å²) >= 11 is 0. The van der Waals surface area contributed by atoms with E-state index in [-0.39, 0.29) is 23.9 Å². The third-order valence-electron chi connectivity index (χ3n) is 6.63. The molecule has 0 saturated heterocycles. The number of carbonyl (C=O) groups is 1. The summed E-state index contributed by atoms with van der Waals surface area (Å²) < 4.78 is 35.3. The molecular formula is C28H28N4O4S. The van der Waals surface area contributed by atoms with Crippen molar-refractivity contribution in [2.45, 2.75) is 24.4 Å². The van der Waals surface area contributed by atoms with Crippen LogP contribution in [-0.4, -0.2) is 42.1 Å². The van der Waals surface area contributed by atoms with Crippen molar-refractivity contribution in [2.75, 3.05) is 18.6 Å². The molecule has 1 aromatic heterocycles. The lowest BCUT2D eigenvalue weighted by atomic mass is 10.1. The monoisotopic (exact) mass is 516 g/mol. The van der Waals surface area contributed by atoms with Crippen LogP contribution in [0.25, 0.3) is 0 Å². The highest BCUT2D eigenvalue weighted by Gasteiger charge is 2.33. The van der Waals surface area contributed by atoms with Gasteiger partial charge in [-0.25, -0.2) is 8.42 Å². The van der Waals surface area contributed by atoms with E-state index in [9.17, 15) is 13.2 Å². The number of hydrogen-bond donors (Lipinski definition) is 0. The number of amides is 1. The van der Waals surface area contributed by atoms with Crippen molar-refractivity contribution in [3.63, 3.8) is 0 Å². The second kappa shape index (κ2) is 10.2. The largest absolute Gasteiger partial charge is 0.497 e. The van der Waals surface area contributed by atoms with Crippen molar-refractivity contribution in [1.29, 1.82) is 0 Å². The van der Waals surface area contributed by atoms with E-state index in [1.807, 2.05) is 55.6 Å². The lowest BCUT2D eigenvalue weighted by Crippen LogP contribution is -2.37. The first kappa shape index (κ1) is 24.7. The Morgan fingerprint density at radius 3 is 2.27 bits per heavy atom. The number of nitrogens with zero attached hydrogens (tertiary/aromatic N) is 4. The lowest BCUT2D eigenvalue weighted by Gasteiger charge is -2.28. The SMILES string of the molecule is COc1ccc(S(=O)(=O)N2CCc3c(c(CN(C(=O)c4ccccc4)c4ccccc4)nn3C)C2)cc1. The van der Waals surface area contributed by atoms with Crippen LogP contribution >= 0.6 is 0 Å².